The summed E-state index contributed by atoms with van der Waals surface area (Å²) in [5.41, 5.74) is 1.99. The first kappa shape index (κ1) is 9.71. The van der Waals surface area contributed by atoms with Gasteiger partial charge >= 0.3 is 5.63 Å². The van der Waals surface area contributed by atoms with E-state index in [1.54, 1.807) is 6.07 Å². The summed E-state index contributed by atoms with van der Waals surface area (Å²) < 4.78 is 5.20. The minimum atomic E-state index is -0.267. The van der Waals surface area contributed by atoms with Crippen LogP contribution in [0.25, 0.3) is 11.0 Å². The zero-order chi connectivity index (χ0) is 10.8. The fourth-order valence-electron chi connectivity index (χ4n) is 1.55. The lowest BCUT2D eigenvalue weighted by Crippen LogP contribution is -2.07. The maximum atomic E-state index is 11.6. The Kier molecular flexibility index (Phi) is 2.42. The molecular formula is C13H12O2. The van der Waals surface area contributed by atoms with E-state index in [4.69, 9.17) is 4.42 Å². The highest BCUT2D eigenvalue weighted by Crippen LogP contribution is 2.13. The van der Waals surface area contributed by atoms with Crippen molar-refractivity contribution in [3.05, 3.63) is 58.5 Å². The van der Waals surface area contributed by atoms with Gasteiger partial charge in [0.25, 0.3) is 0 Å². The molecule has 76 valence electrons. The summed E-state index contributed by atoms with van der Waals surface area (Å²) in [6, 6.07) is 9.37. The van der Waals surface area contributed by atoms with E-state index in [1.165, 1.54) is 0 Å². The van der Waals surface area contributed by atoms with Gasteiger partial charge in [0.15, 0.2) is 0 Å². The van der Waals surface area contributed by atoms with Crippen LogP contribution in [0.3, 0.4) is 0 Å². The standard InChI is InChI=1S/C13H12O2/c1-9(2)7-11-8-10-5-3-4-6-12(10)15-13(11)14/h3-6,8H,1,7H2,2H3. The van der Waals surface area contributed by atoms with Gasteiger partial charge in [-0.25, -0.2) is 4.79 Å². The van der Waals surface area contributed by atoms with Crippen LogP contribution in [0.2, 0.25) is 0 Å². The summed E-state index contributed by atoms with van der Waals surface area (Å²) in [6.07, 6.45) is 0.577. The van der Waals surface area contributed by atoms with E-state index in [1.807, 2.05) is 31.2 Å². The van der Waals surface area contributed by atoms with Gasteiger partial charge in [-0.3, -0.25) is 0 Å². The number of benzene rings is 1. The van der Waals surface area contributed by atoms with Crippen LogP contribution in [0.5, 0.6) is 0 Å². The molecule has 2 aromatic rings. The first-order valence-electron chi connectivity index (χ1n) is 4.83. The number of fused-ring (bicyclic) bond motifs is 1. The Bertz CT molecular complexity index is 564. The van der Waals surface area contributed by atoms with Crippen molar-refractivity contribution in [3.8, 4) is 0 Å². The third-order valence-corrected chi connectivity index (χ3v) is 2.21. The van der Waals surface area contributed by atoms with Crippen LogP contribution in [0, 0.1) is 0 Å². The van der Waals surface area contributed by atoms with Gasteiger partial charge in [0.05, 0.1) is 0 Å². The summed E-state index contributed by atoms with van der Waals surface area (Å²) in [5.74, 6) is 0. The summed E-state index contributed by atoms with van der Waals surface area (Å²) in [5, 5.41) is 0.952. The average Bonchev–Trinajstić information content (AvgIpc) is 2.18. The minimum Gasteiger partial charge on any atom is -0.423 e. The fourth-order valence-corrected chi connectivity index (χ4v) is 1.55. The first-order valence-corrected chi connectivity index (χ1v) is 4.83. The monoisotopic (exact) mass is 200 g/mol. The molecule has 15 heavy (non-hydrogen) atoms. The lowest BCUT2D eigenvalue weighted by atomic mass is 10.1. The van der Waals surface area contributed by atoms with Crippen LogP contribution in [-0.2, 0) is 6.42 Å². The Morgan fingerprint density at radius 3 is 2.87 bits per heavy atom. The molecule has 2 rings (SSSR count). The molecule has 0 bridgehead atoms. The molecule has 0 aliphatic carbocycles. The van der Waals surface area contributed by atoms with Crippen LogP contribution in [-0.4, -0.2) is 0 Å². The average molecular weight is 200 g/mol. The van der Waals surface area contributed by atoms with Gasteiger partial charge < -0.3 is 4.42 Å². The molecule has 0 spiro atoms. The van der Waals surface area contributed by atoms with E-state index in [9.17, 15) is 4.79 Å². The van der Waals surface area contributed by atoms with E-state index < -0.39 is 0 Å². The lowest BCUT2D eigenvalue weighted by molar-refractivity contribution is 0.552. The minimum absolute atomic E-state index is 0.267. The number of rotatable bonds is 2. The van der Waals surface area contributed by atoms with Gasteiger partial charge in [-0.15, -0.1) is 0 Å². The maximum absolute atomic E-state index is 11.6. The largest absolute Gasteiger partial charge is 0.423 e. The topological polar surface area (TPSA) is 30.2 Å². The summed E-state index contributed by atoms with van der Waals surface area (Å²) >= 11 is 0. The lowest BCUT2D eigenvalue weighted by Gasteiger charge is -2.01. The molecule has 0 saturated carbocycles. The summed E-state index contributed by atoms with van der Waals surface area (Å²) in [6.45, 7) is 5.69. The van der Waals surface area contributed by atoms with Crippen LogP contribution < -0.4 is 5.63 Å². The highest BCUT2D eigenvalue weighted by molar-refractivity contribution is 5.76. The van der Waals surface area contributed by atoms with E-state index in [-0.39, 0.29) is 5.63 Å². The van der Waals surface area contributed by atoms with Crippen molar-refractivity contribution in [2.75, 3.05) is 0 Å². The van der Waals surface area contributed by atoms with Crippen molar-refractivity contribution in [3.63, 3.8) is 0 Å². The molecule has 2 nitrogen and oxygen atoms in total. The summed E-state index contributed by atoms with van der Waals surface area (Å²) in [7, 11) is 0. The molecule has 0 saturated heterocycles. The third-order valence-electron chi connectivity index (χ3n) is 2.21. The molecular weight excluding hydrogens is 188 g/mol. The third kappa shape index (κ3) is 1.99. The Morgan fingerprint density at radius 1 is 1.40 bits per heavy atom. The highest BCUT2D eigenvalue weighted by Gasteiger charge is 2.04. The number of hydrogen-bond donors (Lipinski definition) is 0. The fraction of sp³-hybridized carbons (Fsp3) is 0.154. The van der Waals surface area contributed by atoms with Crippen molar-refractivity contribution < 1.29 is 4.42 Å². The van der Waals surface area contributed by atoms with E-state index in [0.717, 1.165) is 11.0 Å². The molecule has 0 atom stereocenters. The second-order valence-corrected chi connectivity index (χ2v) is 3.73. The Balaban J connectivity index is 2.62. The van der Waals surface area contributed by atoms with Crippen molar-refractivity contribution in [1.82, 2.24) is 0 Å². The van der Waals surface area contributed by atoms with Crippen molar-refractivity contribution in [2.24, 2.45) is 0 Å². The molecule has 0 radical (unpaired) electrons. The molecule has 1 aromatic heterocycles. The van der Waals surface area contributed by atoms with Crippen molar-refractivity contribution >= 4 is 11.0 Å². The highest BCUT2D eigenvalue weighted by atomic mass is 16.4. The van der Waals surface area contributed by atoms with Gasteiger partial charge in [0.1, 0.15) is 5.58 Å². The Morgan fingerprint density at radius 2 is 2.13 bits per heavy atom. The molecule has 0 fully saturated rings. The zero-order valence-corrected chi connectivity index (χ0v) is 8.62. The first-order chi connectivity index (χ1) is 7.16. The van der Waals surface area contributed by atoms with Crippen LogP contribution >= 0.6 is 0 Å². The molecule has 1 aromatic carbocycles. The van der Waals surface area contributed by atoms with E-state index in [2.05, 4.69) is 6.58 Å². The molecule has 1 heterocycles. The predicted molar refractivity (Wildman–Crippen MR) is 61.0 cm³/mol. The Labute approximate surface area is 87.8 Å². The van der Waals surface area contributed by atoms with Gasteiger partial charge in [-0.2, -0.15) is 0 Å². The molecule has 0 unspecified atom stereocenters. The van der Waals surface area contributed by atoms with Crippen molar-refractivity contribution in [1.29, 1.82) is 0 Å². The van der Waals surface area contributed by atoms with Gasteiger partial charge in [0.2, 0.25) is 0 Å². The van der Waals surface area contributed by atoms with Crippen LogP contribution in [0.15, 0.2) is 51.7 Å². The number of hydrogen-bond acceptors (Lipinski definition) is 2. The number of para-hydroxylation sites is 1. The molecule has 2 heteroatoms. The second-order valence-electron chi connectivity index (χ2n) is 3.73. The van der Waals surface area contributed by atoms with Gasteiger partial charge in [0, 0.05) is 10.9 Å². The van der Waals surface area contributed by atoms with E-state index >= 15 is 0 Å². The van der Waals surface area contributed by atoms with Crippen LogP contribution in [0.4, 0.5) is 0 Å². The van der Waals surface area contributed by atoms with Crippen molar-refractivity contribution in [2.45, 2.75) is 13.3 Å². The van der Waals surface area contributed by atoms with E-state index in [0.29, 0.717) is 17.6 Å². The maximum Gasteiger partial charge on any atom is 0.339 e. The molecule has 0 aliphatic rings. The smallest absolute Gasteiger partial charge is 0.339 e. The molecule has 0 aliphatic heterocycles. The molecule has 0 N–H and O–H groups in total. The SMILES string of the molecule is C=C(C)Cc1cc2ccccc2oc1=O. The van der Waals surface area contributed by atoms with Crippen LogP contribution in [0.1, 0.15) is 12.5 Å². The van der Waals surface area contributed by atoms with Gasteiger partial charge in [-0.1, -0.05) is 30.4 Å². The Hall–Kier alpha value is -1.83. The second kappa shape index (κ2) is 3.73. The van der Waals surface area contributed by atoms with Gasteiger partial charge in [-0.05, 0) is 25.5 Å². The molecule has 0 amide bonds. The normalized spacial score (nSPS) is 10.5. The quantitative estimate of drug-likeness (QED) is 0.551. The number of allylic oxidation sites excluding steroid dienone is 1. The summed E-state index contributed by atoms with van der Waals surface area (Å²) in [4.78, 5) is 11.6. The predicted octanol–water partition coefficient (Wildman–Crippen LogP) is 2.91. The zero-order valence-electron chi connectivity index (χ0n) is 8.62.